The van der Waals surface area contributed by atoms with E-state index >= 15 is 0 Å². The second-order valence-electron chi connectivity index (χ2n) is 6.90. The molecule has 30 heavy (non-hydrogen) atoms. The number of carbonyl (C=O) groups excluding carboxylic acids is 1. The number of amides is 2. The minimum absolute atomic E-state index is 0.0928. The summed E-state index contributed by atoms with van der Waals surface area (Å²) in [5.41, 5.74) is 2.38. The number of ether oxygens (including phenoxy) is 2. The summed E-state index contributed by atoms with van der Waals surface area (Å²) in [6.45, 7) is 1.16. The Morgan fingerprint density at radius 2 is 1.93 bits per heavy atom. The molecule has 0 atom stereocenters. The van der Waals surface area contributed by atoms with Crippen molar-refractivity contribution in [2.75, 3.05) is 26.7 Å². The number of carbonyl (C=O) groups is 2. The van der Waals surface area contributed by atoms with E-state index in [1.807, 2.05) is 30.3 Å². The summed E-state index contributed by atoms with van der Waals surface area (Å²) in [7, 11) is 1.53. The highest BCUT2D eigenvalue weighted by molar-refractivity contribution is 6.42. The maximum Gasteiger partial charge on any atom is 0.407 e. The fraction of sp³-hybridized carbons (Fsp3) is 0.333. The van der Waals surface area contributed by atoms with E-state index in [2.05, 4.69) is 5.32 Å². The molecule has 0 unspecified atom stereocenters. The fourth-order valence-electron chi connectivity index (χ4n) is 3.37. The Morgan fingerprint density at radius 1 is 1.23 bits per heavy atom. The Balaban J connectivity index is 1.61. The molecule has 2 aromatic carbocycles. The van der Waals surface area contributed by atoms with E-state index in [4.69, 9.17) is 37.8 Å². The third-order valence-electron chi connectivity index (χ3n) is 4.92. The second kappa shape index (κ2) is 9.91. The van der Waals surface area contributed by atoms with E-state index in [1.165, 1.54) is 12.0 Å². The van der Waals surface area contributed by atoms with Crippen LogP contribution in [0.1, 0.15) is 22.6 Å². The molecule has 2 amide bonds. The van der Waals surface area contributed by atoms with Crippen LogP contribution in [0.15, 0.2) is 36.4 Å². The molecule has 1 aliphatic rings. The first-order valence-corrected chi connectivity index (χ1v) is 10.1. The van der Waals surface area contributed by atoms with Gasteiger partial charge in [-0.15, -0.1) is 0 Å². The lowest BCUT2D eigenvalue weighted by molar-refractivity contribution is 0.105. The van der Waals surface area contributed by atoms with Crippen molar-refractivity contribution in [3.05, 3.63) is 63.1 Å². The van der Waals surface area contributed by atoms with E-state index in [1.54, 1.807) is 6.07 Å². The van der Waals surface area contributed by atoms with Crippen LogP contribution in [0.25, 0.3) is 0 Å². The summed E-state index contributed by atoms with van der Waals surface area (Å²) in [5.74, 6) is 0.476. The number of hydrogen-bond donors (Lipinski definition) is 2. The molecule has 1 saturated heterocycles. The molecule has 1 aliphatic heterocycles. The number of rotatable bonds is 7. The number of likely N-dealkylation sites (tertiary alicyclic amines) is 1. The van der Waals surface area contributed by atoms with Crippen LogP contribution in [0.5, 0.6) is 5.75 Å². The summed E-state index contributed by atoms with van der Waals surface area (Å²) < 4.78 is 10.8. The van der Waals surface area contributed by atoms with Gasteiger partial charge in [-0.3, -0.25) is 0 Å². The van der Waals surface area contributed by atoms with Gasteiger partial charge in [0.05, 0.1) is 17.2 Å². The highest BCUT2D eigenvalue weighted by Gasteiger charge is 2.36. The SMILES string of the molecule is COc1c(CCNC(=O)OCc2ccccc2)cc(Cl)c(Cl)c1C1CN(C(=O)O)C1. The molecule has 0 aromatic heterocycles. The standard InChI is InChI=1S/C21H22Cl2N2O5/c1-29-19-14(7-8-24-20(26)30-12-13-5-3-2-4-6-13)9-16(22)18(23)17(19)15-10-25(11-15)21(27)28/h2-6,9,15H,7-8,10-12H2,1H3,(H,24,26)(H,27,28). The topological polar surface area (TPSA) is 88.1 Å². The number of alkyl carbamates (subject to hydrolysis) is 1. The maximum atomic E-state index is 11.9. The largest absolute Gasteiger partial charge is 0.496 e. The van der Waals surface area contributed by atoms with Crippen molar-refractivity contribution >= 4 is 35.4 Å². The molecule has 2 aromatic rings. The van der Waals surface area contributed by atoms with Gasteiger partial charge in [-0.1, -0.05) is 53.5 Å². The minimum Gasteiger partial charge on any atom is -0.496 e. The summed E-state index contributed by atoms with van der Waals surface area (Å²) in [6.07, 6.45) is -1.04. The first-order chi connectivity index (χ1) is 14.4. The quantitative estimate of drug-likeness (QED) is 0.643. The summed E-state index contributed by atoms with van der Waals surface area (Å²) in [5, 5.41) is 12.5. The minimum atomic E-state index is -0.971. The average Bonchev–Trinajstić information content (AvgIpc) is 2.69. The predicted molar refractivity (Wildman–Crippen MR) is 114 cm³/mol. The monoisotopic (exact) mass is 452 g/mol. The first-order valence-electron chi connectivity index (χ1n) is 9.37. The molecule has 9 heteroatoms. The molecule has 1 heterocycles. The molecule has 0 spiro atoms. The molecule has 1 fully saturated rings. The van der Waals surface area contributed by atoms with E-state index in [-0.39, 0.29) is 12.5 Å². The number of carboxylic acid groups (broad SMARTS) is 1. The van der Waals surface area contributed by atoms with Crippen LogP contribution >= 0.6 is 23.2 Å². The summed E-state index contributed by atoms with van der Waals surface area (Å²) >= 11 is 12.7. The molecule has 0 radical (unpaired) electrons. The zero-order valence-electron chi connectivity index (χ0n) is 16.4. The molecule has 2 N–H and O–H groups in total. The lowest BCUT2D eigenvalue weighted by Gasteiger charge is -2.38. The van der Waals surface area contributed by atoms with Crippen LogP contribution in [-0.4, -0.2) is 48.9 Å². The number of benzene rings is 2. The Morgan fingerprint density at radius 3 is 2.57 bits per heavy atom. The van der Waals surface area contributed by atoms with Crippen LogP contribution in [0.3, 0.4) is 0 Å². The summed E-state index contributed by atoms with van der Waals surface area (Å²) in [4.78, 5) is 24.3. The number of methoxy groups -OCH3 is 1. The van der Waals surface area contributed by atoms with E-state index in [0.717, 1.165) is 11.1 Å². The lowest BCUT2D eigenvalue weighted by Crippen LogP contribution is -2.48. The molecule has 3 rings (SSSR count). The molecule has 160 valence electrons. The highest BCUT2D eigenvalue weighted by atomic mass is 35.5. The van der Waals surface area contributed by atoms with Crippen LogP contribution in [-0.2, 0) is 17.8 Å². The fourth-order valence-corrected chi connectivity index (χ4v) is 3.89. The highest BCUT2D eigenvalue weighted by Crippen LogP contribution is 2.44. The van der Waals surface area contributed by atoms with Gasteiger partial charge in [-0.05, 0) is 23.6 Å². The zero-order valence-corrected chi connectivity index (χ0v) is 17.9. The van der Waals surface area contributed by atoms with Crippen LogP contribution in [0.2, 0.25) is 10.0 Å². The van der Waals surface area contributed by atoms with Gasteiger partial charge in [0.25, 0.3) is 0 Å². The first kappa shape index (κ1) is 22.1. The van der Waals surface area contributed by atoms with Gasteiger partial charge in [0, 0.05) is 31.1 Å². The van der Waals surface area contributed by atoms with Crippen molar-refractivity contribution in [1.29, 1.82) is 0 Å². The Labute approximate surface area is 184 Å². The number of nitrogens with one attached hydrogen (secondary N) is 1. The van der Waals surface area contributed by atoms with Crippen molar-refractivity contribution in [3.8, 4) is 5.75 Å². The summed E-state index contributed by atoms with van der Waals surface area (Å²) in [6, 6.07) is 11.1. The number of nitrogens with zero attached hydrogens (tertiary/aromatic N) is 1. The molecule has 0 saturated carbocycles. The molecular formula is C21H22Cl2N2O5. The molecule has 0 aliphatic carbocycles. The van der Waals surface area contributed by atoms with Crippen LogP contribution in [0.4, 0.5) is 9.59 Å². The predicted octanol–water partition coefficient (Wildman–Crippen LogP) is 4.55. The van der Waals surface area contributed by atoms with Gasteiger partial charge >= 0.3 is 12.2 Å². The van der Waals surface area contributed by atoms with Crippen molar-refractivity contribution < 1.29 is 24.2 Å². The Hall–Kier alpha value is -2.64. The van der Waals surface area contributed by atoms with Gasteiger partial charge in [-0.25, -0.2) is 9.59 Å². The van der Waals surface area contributed by atoms with Crippen LogP contribution in [0, 0.1) is 0 Å². The smallest absolute Gasteiger partial charge is 0.407 e. The Bertz CT molecular complexity index is 917. The number of hydrogen-bond acceptors (Lipinski definition) is 4. The second-order valence-corrected chi connectivity index (χ2v) is 7.69. The number of halogens is 2. The van der Waals surface area contributed by atoms with Crippen molar-refractivity contribution in [2.45, 2.75) is 18.9 Å². The normalized spacial score (nSPS) is 13.5. The zero-order chi connectivity index (χ0) is 21.7. The molecule has 7 nitrogen and oxygen atoms in total. The van der Waals surface area contributed by atoms with E-state index in [0.29, 0.717) is 47.4 Å². The third kappa shape index (κ3) is 5.09. The van der Waals surface area contributed by atoms with E-state index in [9.17, 15) is 9.59 Å². The molecule has 0 bridgehead atoms. The van der Waals surface area contributed by atoms with Gasteiger partial charge in [0.15, 0.2) is 0 Å². The third-order valence-corrected chi connectivity index (χ3v) is 5.73. The van der Waals surface area contributed by atoms with Gasteiger partial charge in [-0.2, -0.15) is 0 Å². The van der Waals surface area contributed by atoms with Crippen molar-refractivity contribution in [1.82, 2.24) is 10.2 Å². The maximum absolute atomic E-state index is 11.9. The van der Waals surface area contributed by atoms with E-state index < -0.39 is 12.2 Å². The van der Waals surface area contributed by atoms with Crippen molar-refractivity contribution in [3.63, 3.8) is 0 Å². The van der Waals surface area contributed by atoms with Gasteiger partial charge in [0.2, 0.25) is 0 Å². The lowest BCUT2D eigenvalue weighted by atomic mass is 9.89. The van der Waals surface area contributed by atoms with Gasteiger partial charge in [0.1, 0.15) is 12.4 Å². The van der Waals surface area contributed by atoms with Crippen LogP contribution < -0.4 is 10.1 Å². The van der Waals surface area contributed by atoms with Crippen molar-refractivity contribution in [2.24, 2.45) is 0 Å². The van der Waals surface area contributed by atoms with Gasteiger partial charge < -0.3 is 24.8 Å². The average molecular weight is 453 g/mol. The Kier molecular flexibility index (Phi) is 7.29. The molecular weight excluding hydrogens is 431 g/mol.